The second-order valence-corrected chi connectivity index (χ2v) is 9.58. The van der Waals surface area contributed by atoms with Gasteiger partial charge in [-0.25, -0.2) is 4.79 Å². The van der Waals surface area contributed by atoms with E-state index in [0.717, 1.165) is 16.5 Å². The van der Waals surface area contributed by atoms with Gasteiger partial charge < -0.3 is 42.0 Å². The third-order valence-electron chi connectivity index (χ3n) is 5.85. The third kappa shape index (κ3) is 8.56. The first-order valence-corrected chi connectivity index (χ1v) is 12.1. The summed E-state index contributed by atoms with van der Waals surface area (Å²) in [5.74, 6) is -5.60. The molecule has 0 fully saturated rings. The number of nitrogens with two attached hydrogens (primary N) is 1. The first kappa shape index (κ1) is 30.3. The highest BCUT2D eigenvalue weighted by Gasteiger charge is 2.33. The van der Waals surface area contributed by atoms with Crippen LogP contribution in [0.4, 0.5) is 0 Å². The Hall–Kier alpha value is -3.97. The molecule has 0 radical (unpaired) electrons. The van der Waals surface area contributed by atoms with Crippen LogP contribution >= 0.6 is 0 Å². The fourth-order valence-corrected chi connectivity index (χ4v) is 3.91. The van der Waals surface area contributed by atoms with Crippen LogP contribution < -0.4 is 21.7 Å². The molecule has 2 aromatic rings. The van der Waals surface area contributed by atoms with Crippen molar-refractivity contribution in [3.05, 3.63) is 36.0 Å². The van der Waals surface area contributed by atoms with Gasteiger partial charge in [-0.05, 0) is 37.3 Å². The van der Waals surface area contributed by atoms with Crippen LogP contribution in [0.25, 0.3) is 10.9 Å². The number of rotatable bonds is 14. The minimum absolute atomic E-state index is 0.0809. The van der Waals surface area contributed by atoms with Crippen LogP contribution in [-0.2, 0) is 30.4 Å². The summed E-state index contributed by atoms with van der Waals surface area (Å²) in [6.07, 6.45) is -0.245. The van der Waals surface area contributed by atoms with E-state index in [-0.39, 0.29) is 18.8 Å². The molecule has 0 bridgehead atoms. The summed E-state index contributed by atoms with van der Waals surface area (Å²) in [6, 6.07) is 1.99. The molecule has 38 heavy (non-hydrogen) atoms. The van der Waals surface area contributed by atoms with Gasteiger partial charge in [-0.1, -0.05) is 32.0 Å². The van der Waals surface area contributed by atoms with Crippen molar-refractivity contribution in [1.82, 2.24) is 20.9 Å². The van der Waals surface area contributed by atoms with Crippen LogP contribution in [0.5, 0.6) is 0 Å². The number of hydrogen-bond acceptors (Lipinski definition) is 7. The van der Waals surface area contributed by atoms with Crippen LogP contribution in [0.1, 0.15) is 39.2 Å². The number of aliphatic hydroxyl groups is 1. The summed E-state index contributed by atoms with van der Waals surface area (Å²) in [4.78, 5) is 64.0. The van der Waals surface area contributed by atoms with Crippen molar-refractivity contribution < 1.29 is 39.3 Å². The maximum atomic E-state index is 13.0. The Balaban J connectivity index is 2.11. The van der Waals surface area contributed by atoms with Gasteiger partial charge in [0, 0.05) is 17.1 Å². The molecule has 0 spiro atoms. The molecule has 0 aliphatic heterocycles. The molecule has 0 aliphatic rings. The molecule has 5 atom stereocenters. The zero-order valence-corrected chi connectivity index (χ0v) is 21.4. The van der Waals surface area contributed by atoms with Crippen molar-refractivity contribution in [3.8, 4) is 0 Å². The second kappa shape index (κ2) is 13.5. The lowest BCUT2D eigenvalue weighted by Gasteiger charge is -2.27. The van der Waals surface area contributed by atoms with Gasteiger partial charge in [0.1, 0.15) is 18.1 Å². The number of aliphatic carboxylic acids is 2. The smallest absolute Gasteiger partial charge is 0.326 e. The fourth-order valence-electron chi connectivity index (χ4n) is 3.91. The van der Waals surface area contributed by atoms with Gasteiger partial charge in [-0.15, -0.1) is 0 Å². The molecule has 13 nitrogen and oxygen atoms in total. The third-order valence-corrected chi connectivity index (χ3v) is 5.85. The quantitative estimate of drug-likeness (QED) is 0.156. The molecule has 13 heteroatoms. The summed E-state index contributed by atoms with van der Waals surface area (Å²) < 4.78 is 0. The second-order valence-electron chi connectivity index (χ2n) is 9.58. The first-order valence-electron chi connectivity index (χ1n) is 12.1. The summed E-state index contributed by atoms with van der Waals surface area (Å²) in [5.41, 5.74) is 7.75. The average Bonchev–Trinajstić information content (AvgIpc) is 3.23. The normalized spacial score (nSPS) is 15.2. The number of aliphatic hydroxyl groups excluding tert-OH is 1. The van der Waals surface area contributed by atoms with Crippen LogP contribution in [-0.4, -0.2) is 80.2 Å². The number of carboxylic acids is 2. The van der Waals surface area contributed by atoms with Gasteiger partial charge in [0.25, 0.3) is 0 Å². The molecule has 5 unspecified atom stereocenters. The van der Waals surface area contributed by atoms with E-state index in [1.54, 1.807) is 20.0 Å². The van der Waals surface area contributed by atoms with Crippen molar-refractivity contribution in [3.63, 3.8) is 0 Å². The topological polar surface area (TPSA) is 224 Å². The van der Waals surface area contributed by atoms with Gasteiger partial charge in [-0.2, -0.15) is 0 Å². The minimum Gasteiger partial charge on any atom is -0.481 e. The van der Waals surface area contributed by atoms with E-state index < -0.39 is 66.4 Å². The number of aromatic nitrogens is 1. The molecule has 9 N–H and O–H groups in total. The number of hydrogen-bond donors (Lipinski definition) is 8. The summed E-state index contributed by atoms with van der Waals surface area (Å²) >= 11 is 0. The molecule has 2 rings (SSSR count). The summed E-state index contributed by atoms with van der Waals surface area (Å²) in [5, 5.41) is 36.2. The largest absolute Gasteiger partial charge is 0.481 e. The number of benzene rings is 1. The summed E-state index contributed by atoms with van der Waals surface area (Å²) in [7, 11) is 0. The zero-order chi connectivity index (χ0) is 28.6. The maximum absolute atomic E-state index is 13.0. The van der Waals surface area contributed by atoms with E-state index in [2.05, 4.69) is 20.9 Å². The van der Waals surface area contributed by atoms with Gasteiger partial charge in [0.2, 0.25) is 17.7 Å². The Morgan fingerprint density at radius 2 is 1.55 bits per heavy atom. The fraction of sp³-hybridized carbons (Fsp3) is 0.480. The highest BCUT2D eigenvalue weighted by Crippen LogP contribution is 2.19. The number of nitrogens with one attached hydrogen (secondary N) is 4. The standard InChI is InChI=1S/C25H35N5O8/c1-12(2)8-18(23(35)29-19(25(37)38)10-20(32)33)28-24(36)21(13(3)31)30-22(34)16(26)9-14-11-27-17-7-5-4-6-15(14)17/h4-7,11-13,16,18-19,21,27,31H,8-10,26H2,1-3H3,(H,28,36)(H,29,35)(H,30,34)(H,32,33)(H,37,38). The van der Waals surface area contributed by atoms with Gasteiger partial charge in [-0.3, -0.25) is 19.2 Å². The first-order chi connectivity index (χ1) is 17.8. The molecular weight excluding hydrogens is 498 g/mol. The number of fused-ring (bicyclic) bond motifs is 1. The van der Waals surface area contributed by atoms with E-state index >= 15 is 0 Å². The van der Waals surface area contributed by atoms with E-state index in [0.29, 0.717) is 0 Å². The molecule has 1 heterocycles. The lowest BCUT2D eigenvalue weighted by atomic mass is 10.0. The Morgan fingerprint density at radius 1 is 0.921 bits per heavy atom. The number of aromatic amines is 1. The molecule has 1 aromatic heterocycles. The van der Waals surface area contributed by atoms with Gasteiger partial charge in [0.15, 0.2) is 0 Å². The zero-order valence-electron chi connectivity index (χ0n) is 21.4. The SMILES string of the molecule is CC(C)CC(NC(=O)C(NC(=O)C(N)Cc1c[nH]c2ccccc12)C(C)O)C(=O)NC(CC(=O)O)C(=O)O. The molecular formula is C25H35N5O8. The average molecular weight is 534 g/mol. The van der Waals surface area contributed by atoms with Crippen molar-refractivity contribution in [2.45, 2.75) is 70.3 Å². The molecule has 1 aromatic carbocycles. The van der Waals surface area contributed by atoms with E-state index in [4.69, 9.17) is 10.8 Å². The predicted molar refractivity (Wildman–Crippen MR) is 137 cm³/mol. The molecule has 0 aliphatic carbocycles. The summed E-state index contributed by atoms with van der Waals surface area (Å²) in [6.45, 7) is 4.80. The molecule has 0 saturated heterocycles. The van der Waals surface area contributed by atoms with Crippen LogP contribution in [0, 0.1) is 5.92 Å². The Bertz CT molecular complexity index is 1160. The monoisotopic (exact) mass is 533 g/mol. The van der Waals surface area contributed by atoms with Gasteiger partial charge in [0.05, 0.1) is 18.6 Å². The minimum atomic E-state index is -1.71. The molecule has 3 amide bonds. The van der Waals surface area contributed by atoms with E-state index in [1.165, 1.54) is 6.92 Å². The number of para-hydroxylation sites is 1. The van der Waals surface area contributed by atoms with Crippen LogP contribution in [0.3, 0.4) is 0 Å². The molecule has 208 valence electrons. The number of carbonyl (C=O) groups excluding carboxylic acids is 3. The van der Waals surface area contributed by atoms with Crippen LogP contribution in [0.2, 0.25) is 0 Å². The number of carbonyl (C=O) groups is 5. The van der Waals surface area contributed by atoms with Crippen LogP contribution in [0.15, 0.2) is 30.5 Å². The van der Waals surface area contributed by atoms with E-state index in [1.807, 2.05) is 24.3 Å². The number of H-pyrrole nitrogens is 1. The lowest BCUT2D eigenvalue weighted by Crippen LogP contribution is -2.60. The van der Waals surface area contributed by atoms with Crippen molar-refractivity contribution in [1.29, 1.82) is 0 Å². The Kier molecular flexibility index (Phi) is 10.8. The number of carboxylic acid groups (broad SMARTS) is 2. The van der Waals surface area contributed by atoms with Gasteiger partial charge >= 0.3 is 11.9 Å². The number of amides is 3. The predicted octanol–water partition coefficient (Wildman–Crippen LogP) is -0.522. The maximum Gasteiger partial charge on any atom is 0.326 e. The van der Waals surface area contributed by atoms with Crippen molar-refractivity contribution in [2.75, 3.05) is 0 Å². The highest BCUT2D eigenvalue weighted by atomic mass is 16.4. The molecule has 0 saturated carbocycles. The van der Waals surface area contributed by atoms with Crippen molar-refractivity contribution in [2.24, 2.45) is 11.7 Å². The van der Waals surface area contributed by atoms with E-state index in [9.17, 15) is 34.2 Å². The Labute approximate surface area is 219 Å². The Morgan fingerprint density at radius 3 is 2.13 bits per heavy atom. The van der Waals surface area contributed by atoms with Crippen molar-refractivity contribution >= 4 is 40.6 Å². The lowest BCUT2D eigenvalue weighted by molar-refractivity contribution is -0.147. The highest BCUT2D eigenvalue weighted by molar-refractivity contribution is 5.95.